The third kappa shape index (κ3) is 3.75. The molecule has 0 saturated heterocycles. The summed E-state index contributed by atoms with van der Waals surface area (Å²) in [5.74, 6) is -1.94. The molecule has 2 rings (SSSR count). The molecule has 0 saturated carbocycles. The third-order valence-corrected chi connectivity index (χ3v) is 2.97. The molecule has 2 N–H and O–H groups in total. The van der Waals surface area contributed by atoms with E-state index in [0.29, 0.717) is 12.4 Å². The zero-order valence-electron chi connectivity index (χ0n) is 12.3. The van der Waals surface area contributed by atoms with E-state index in [4.69, 9.17) is 0 Å². The topological polar surface area (TPSA) is 66.9 Å². The zero-order chi connectivity index (χ0) is 16.1. The monoisotopic (exact) mass is 306 g/mol. The van der Waals surface area contributed by atoms with Crippen LogP contribution in [-0.2, 0) is 0 Å². The van der Waals surface area contributed by atoms with Crippen LogP contribution >= 0.6 is 0 Å². The highest BCUT2D eigenvalue weighted by Crippen LogP contribution is 2.11. The predicted octanol–water partition coefficient (Wildman–Crippen LogP) is 2.21. The number of aryl methyl sites for hydroxylation is 2. The Bertz CT molecular complexity index is 671. The summed E-state index contributed by atoms with van der Waals surface area (Å²) in [5.41, 5.74) is 0.927. The molecule has 116 valence electrons. The highest BCUT2D eigenvalue weighted by Gasteiger charge is 2.16. The smallest absolute Gasteiger partial charge is 0.257 e. The number of aromatic nitrogens is 2. The lowest BCUT2D eigenvalue weighted by Gasteiger charge is -2.10. The van der Waals surface area contributed by atoms with E-state index in [2.05, 4.69) is 20.6 Å². The maximum absolute atomic E-state index is 13.4. The maximum Gasteiger partial charge on any atom is 0.257 e. The summed E-state index contributed by atoms with van der Waals surface area (Å²) in [4.78, 5) is 20.2. The molecule has 0 atom stereocenters. The molecule has 2 aromatic rings. The van der Waals surface area contributed by atoms with Crippen LogP contribution in [0.1, 0.15) is 21.7 Å². The van der Waals surface area contributed by atoms with Gasteiger partial charge in [-0.25, -0.2) is 13.8 Å². The van der Waals surface area contributed by atoms with Gasteiger partial charge in [0, 0.05) is 19.3 Å². The molecule has 0 radical (unpaired) electrons. The number of halogens is 2. The van der Waals surface area contributed by atoms with Crippen LogP contribution in [0.4, 0.5) is 14.6 Å². The van der Waals surface area contributed by atoms with Crippen molar-refractivity contribution in [2.45, 2.75) is 13.8 Å². The van der Waals surface area contributed by atoms with Crippen molar-refractivity contribution in [2.24, 2.45) is 0 Å². The normalized spacial score (nSPS) is 10.4. The van der Waals surface area contributed by atoms with Crippen molar-refractivity contribution in [3.05, 3.63) is 53.0 Å². The van der Waals surface area contributed by atoms with E-state index in [1.54, 1.807) is 6.20 Å². The molecule has 1 amide bonds. The number of carbonyl (C=O) groups is 1. The molecule has 1 aromatic carbocycles. The van der Waals surface area contributed by atoms with Gasteiger partial charge in [-0.05, 0) is 26.0 Å². The first-order valence-corrected chi connectivity index (χ1v) is 6.75. The van der Waals surface area contributed by atoms with Gasteiger partial charge in [-0.2, -0.15) is 0 Å². The molecular weight excluding hydrogens is 290 g/mol. The van der Waals surface area contributed by atoms with E-state index >= 15 is 0 Å². The first-order chi connectivity index (χ1) is 10.5. The van der Waals surface area contributed by atoms with Crippen LogP contribution in [-0.4, -0.2) is 29.0 Å². The van der Waals surface area contributed by atoms with Gasteiger partial charge in [0.15, 0.2) is 0 Å². The Morgan fingerprint density at radius 1 is 1.18 bits per heavy atom. The Morgan fingerprint density at radius 2 is 1.86 bits per heavy atom. The van der Waals surface area contributed by atoms with Crippen LogP contribution in [0.3, 0.4) is 0 Å². The van der Waals surface area contributed by atoms with Crippen molar-refractivity contribution in [1.82, 2.24) is 15.3 Å². The Kier molecular flexibility index (Phi) is 4.98. The largest absolute Gasteiger partial charge is 0.367 e. The number of anilines is 1. The van der Waals surface area contributed by atoms with Gasteiger partial charge in [0.25, 0.3) is 5.91 Å². The number of amides is 1. The second kappa shape index (κ2) is 6.93. The molecule has 0 spiro atoms. The summed E-state index contributed by atoms with van der Waals surface area (Å²) < 4.78 is 26.9. The van der Waals surface area contributed by atoms with E-state index in [-0.39, 0.29) is 6.54 Å². The third-order valence-electron chi connectivity index (χ3n) is 2.97. The number of rotatable bonds is 5. The van der Waals surface area contributed by atoms with E-state index in [9.17, 15) is 13.6 Å². The molecule has 0 aliphatic carbocycles. The van der Waals surface area contributed by atoms with Crippen molar-refractivity contribution in [3.8, 4) is 0 Å². The minimum Gasteiger partial charge on any atom is -0.367 e. The van der Waals surface area contributed by atoms with E-state index in [1.807, 2.05) is 13.8 Å². The molecule has 5 nitrogen and oxygen atoms in total. The average Bonchev–Trinajstić information content (AvgIpc) is 2.47. The highest BCUT2D eigenvalue weighted by molar-refractivity contribution is 5.94. The summed E-state index contributed by atoms with van der Waals surface area (Å²) >= 11 is 0. The summed E-state index contributed by atoms with van der Waals surface area (Å²) in [5, 5.41) is 5.47. The van der Waals surface area contributed by atoms with Gasteiger partial charge < -0.3 is 10.6 Å². The molecule has 1 heterocycles. The highest BCUT2D eigenvalue weighted by atomic mass is 19.1. The second-order valence-corrected chi connectivity index (χ2v) is 4.72. The fraction of sp³-hybridized carbons (Fsp3) is 0.267. The van der Waals surface area contributed by atoms with Crippen LogP contribution in [0, 0.1) is 25.5 Å². The van der Waals surface area contributed by atoms with Crippen LogP contribution < -0.4 is 10.6 Å². The lowest BCUT2D eigenvalue weighted by atomic mass is 10.2. The van der Waals surface area contributed by atoms with Crippen molar-refractivity contribution < 1.29 is 13.6 Å². The van der Waals surface area contributed by atoms with E-state index in [1.165, 1.54) is 6.07 Å². The van der Waals surface area contributed by atoms with Crippen molar-refractivity contribution in [3.63, 3.8) is 0 Å². The average molecular weight is 306 g/mol. The van der Waals surface area contributed by atoms with Crippen LogP contribution in [0.5, 0.6) is 0 Å². The van der Waals surface area contributed by atoms with Gasteiger partial charge in [0.1, 0.15) is 23.0 Å². The summed E-state index contributed by atoms with van der Waals surface area (Å²) in [7, 11) is 0. The quantitative estimate of drug-likeness (QED) is 0.831. The number of benzene rings is 1. The minimum absolute atomic E-state index is 0.196. The number of hydrogen-bond donors (Lipinski definition) is 2. The van der Waals surface area contributed by atoms with Gasteiger partial charge in [0.2, 0.25) is 0 Å². The molecule has 7 heteroatoms. The molecule has 0 aliphatic rings. The first-order valence-electron chi connectivity index (χ1n) is 6.75. The van der Waals surface area contributed by atoms with E-state index in [0.717, 1.165) is 23.5 Å². The van der Waals surface area contributed by atoms with Gasteiger partial charge in [-0.1, -0.05) is 6.07 Å². The molecule has 0 bridgehead atoms. The Morgan fingerprint density at radius 3 is 2.55 bits per heavy atom. The molecule has 22 heavy (non-hydrogen) atoms. The summed E-state index contributed by atoms with van der Waals surface area (Å²) in [6, 6.07) is 3.30. The van der Waals surface area contributed by atoms with Crippen molar-refractivity contribution >= 4 is 11.7 Å². The Labute approximate surface area is 126 Å². The molecule has 0 aliphatic heterocycles. The number of carbonyl (C=O) groups excluding carboxylic acids is 1. The van der Waals surface area contributed by atoms with Gasteiger partial charge in [-0.3, -0.25) is 9.78 Å². The fourth-order valence-electron chi connectivity index (χ4n) is 1.87. The lowest BCUT2D eigenvalue weighted by Crippen LogP contribution is -2.30. The summed E-state index contributed by atoms with van der Waals surface area (Å²) in [6.45, 7) is 4.19. The molecule has 0 fully saturated rings. The number of nitrogens with one attached hydrogen (secondary N) is 2. The Hall–Kier alpha value is -2.57. The SMILES string of the molecule is Cc1cnc(C)c(NCCNC(=O)c2c(F)cccc2F)n1. The van der Waals surface area contributed by atoms with Crippen molar-refractivity contribution in [1.29, 1.82) is 0 Å². The summed E-state index contributed by atoms with van der Waals surface area (Å²) in [6.07, 6.45) is 1.66. The second-order valence-electron chi connectivity index (χ2n) is 4.72. The fourth-order valence-corrected chi connectivity index (χ4v) is 1.87. The Balaban J connectivity index is 1.89. The van der Waals surface area contributed by atoms with Gasteiger partial charge in [0.05, 0.1) is 11.4 Å². The molecule has 1 aromatic heterocycles. The standard InChI is InChI=1S/C15H16F2N4O/c1-9-8-20-10(2)14(21-9)18-6-7-19-15(22)13-11(16)4-3-5-12(13)17/h3-5,8H,6-7H2,1-2H3,(H,18,21)(H,19,22). The minimum atomic E-state index is -0.883. The van der Waals surface area contributed by atoms with Gasteiger partial charge in [-0.15, -0.1) is 0 Å². The molecule has 0 unspecified atom stereocenters. The maximum atomic E-state index is 13.4. The van der Waals surface area contributed by atoms with Crippen LogP contribution in [0.25, 0.3) is 0 Å². The van der Waals surface area contributed by atoms with Crippen molar-refractivity contribution in [2.75, 3.05) is 18.4 Å². The van der Waals surface area contributed by atoms with Crippen LogP contribution in [0.2, 0.25) is 0 Å². The number of nitrogens with zero attached hydrogens (tertiary/aromatic N) is 2. The van der Waals surface area contributed by atoms with E-state index < -0.39 is 23.1 Å². The van der Waals surface area contributed by atoms with Crippen LogP contribution in [0.15, 0.2) is 24.4 Å². The molecular formula is C15H16F2N4O. The number of hydrogen-bond acceptors (Lipinski definition) is 4. The first kappa shape index (κ1) is 15.8. The zero-order valence-corrected chi connectivity index (χ0v) is 12.3. The predicted molar refractivity (Wildman–Crippen MR) is 78.7 cm³/mol. The van der Waals surface area contributed by atoms with Gasteiger partial charge >= 0.3 is 0 Å². The lowest BCUT2D eigenvalue weighted by molar-refractivity contribution is 0.0946.